The first-order valence-electron chi connectivity index (χ1n) is 16.9. The molecular weight excluding hydrogens is 714 g/mol. The number of pyridine rings is 1. The van der Waals surface area contributed by atoms with Crippen LogP contribution in [0.25, 0.3) is 11.1 Å². The van der Waals surface area contributed by atoms with Gasteiger partial charge in [0.25, 0.3) is 0 Å². The zero-order valence-corrected chi connectivity index (χ0v) is 29.6. The van der Waals surface area contributed by atoms with Crippen LogP contribution >= 0.6 is 0 Å². The van der Waals surface area contributed by atoms with Gasteiger partial charge in [0.05, 0.1) is 46.7 Å². The fourth-order valence-corrected chi connectivity index (χ4v) is 6.54. The number of alkyl carbamates (subject to hydrolysis) is 1. The smallest absolute Gasteiger partial charge is 0.416 e. The standard InChI is InChI=1S/C39H36F6N6O3/c1-4-53-35-32(6-5-16-48-35)25-7-9-28(10-8-25)37(54-36(52)49-17-19-50(2)3)15-18-51(33-14-12-30(39(43,44)45)21-27(33)24-47)34(22-37)31-13-11-29(38(40,41)42)20-26(31)23-46/h5-14,16,20-21,34H,4,15,17-19,22H2,1-3H3,(H,49,52). The van der Waals surface area contributed by atoms with Crippen molar-refractivity contribution in [3.05, 3.63) is 112 Å². The number of ether oxygens (including phenoxy) is 2. The van der Waals surface area contributed by atoms with E-state index in [4.69, 9.17) is 9.47 Å². The Morgan fingerprint density at radius 2 is 1.61 bits per heavy atom. The van der Waals surface area contributed by atoms with Crippen molar-refractivity contribution >= 4 is 11.8 Å². The number of anilines is 1. The number of hydrogen-bond acceptors (Lipinski definition) is 8. The van der Waals surface area contributed by atoms with E-state index in [0.29, 0.717) is 42.3 Å². The zero-order valence-electron chi connectivity index (χ0n) is 29.6. The van der Waals surface area contributed by atoms with Crippen molar-refractivity contribution in [2.24, 2.45) is 0 Å². The van der Waals surface area contributed by atoms with Gasteiger partial charge >= 0.3 is 18.4 Å². The Labute approximate surface area is 308 Å². The molecule has 0 aliphatic carbocycles. The predicted octanol–water partition coefficient (Wildman–Crippen LogP) is 8.45. The molecular formula is C39H36F6N6O3. The van der Waals surface area contributed by atoms with E-state index in [1.54, 1.807) is 41.4 Å². The van der Waals surface area contributed by atoms with E-state index in [0.717, 1.165) is 29.8 Å². The second-order valence-electron chi connectivity index (χ2n) is 12.9. The number of aromatic nitrogens is 1. The Morgan fingerprint density at radius 1 is 0.963 bits per heavy atom. The van der Waals surface area contributed by atoms with Crippen LogP contribution in [0.5, 0.6) is 5.88 Å². The summed E-state index contributed by atoms with van der Waals surface area (Å²) in [6.07, 6.45) is -8.81. The number of carbonyl (C=O) groups is 1. The summed E-state index contributed by atoms with van der Waals surface area (Å²) in [5.74, 6) is 0.406. The summed E-state index contributed by atoms with van der Waals surface area (Å²) in [4.78, 5) is 21.2. The molecule has 2 heterocycles. The molecule has 0 radical (unpaired) electrons. The van der Waals surface area contributed by atoms with Crippen molar-refractivity contribution < 1.29 is 40.6 Å². The van der Waals surface area contributed by atoms with Gasteiger partial charge in [0.1, 0.15) is 11.7 Å². The number of nitrogens with zero attached hydrogens (tertiary/aromatic N) is 5. The molecule has 0 spiro atoms. The number of nitrogens with one attached hydrogen (secondary N) is 1. The maximum atomic E-state index is 13.8. The number of likely N-dealkylation sites (N-methyl/N-ethyl adjacent to an activating group) is 1. The number of benzene rings is 3. The molecule has 1 saturated heterocycles. The van der Waals surface area contributed by atoms with Crippen molar-refractivity contribution in [1.29, 1.82) is 10.5 Å². The quantitative estimate of drug-likeness (QED) is 0.161. The second-order valence-corrected chi connectivity index (χ2v) is 12.9. The van der Waals surface area contributed by atoms with Gasteiger partial charge in [-0.1, -0.05) is 30.3 Å². The van der Waals surface area contributed by atoms with Gasteiger partial charge in [-0.15, -0.1) is 0 Å². The number of amides is 1. The molecule has 15 heteroatoms. The maximum absolute atomic E-state index is 13.8. The number of halogens is 6. The number of carbonyl (C=O) groups excluding carboxylic acids is 1. The van der Waals surface area contributed by atoms with Crippen molar-refractivity contribution in [3.8, 4) is 29.1 Å². The number of alkyl halides is 6. The molecule has 282 valence electrons. The average Bonchev–Trinajstić information content (AvgIpc) is 3.14. The monoisotopic (exact) mass is 750 g/mol. The van der Waals surface area contributed by atoms with Crippen LogP contribution in [0.3, 0.4) is 0 Å². The van der Waals surface area contributed by atoms with E-state index < -0.39 is 41.2 Å². The molecule has 3 aromatic carbocycles. The van der Waals surface area contributed by atoms with Crippen molar-refractivity contribution in [2.75, 3.05) is 45.2 Å². The van der Waals surface area contributed by atoms with Gasteiger partial charge in [0.15, 0.2) is 0 Å². The summed E-state index contributed by atoms with van der Waals surface area (Å²) in [6.45, 7) is 2.88. The second kappa shape index (κ2) is 16.1. The Morgan fingerprint density at radius 3 is 2.22 bits per heavy atom. The summed E-state index contributed by atoms with van der Waals surface area (Å²) in [5.41, 5.74) is -2.16. The minimum atomic E-state index is -4.77. The van der Waals surface area contributed by atoms with Crippen molar-refractivity contribution in [2.45, 2.75) is 43.8 Å². The molecule has 1 aromatic heterocycles. The molecule has 0 bridgehead atoms. The number of hydrogen-bond donors (Lipinski definition) is 1. The molecule has 1 amide bonds. The molecule has 1 aliphatic heterocycles. The third kappa shape index (κ3) is 8.69. The van der Waals surface area contributed by atoms with E-state index in [1.165, 1.54) is 0 Å². The molecule has 2 unspecified atom stereocenters. The van der Waals surface area contributed by atoms with Crippen LogP contribution in [0.1, 0.15) is 59.2 Å². The van der Waals surface area contributed by atoms with E-state index in [1.807, 2.05) is 44.1 Å². The largest absolute Gasteiger partial charge is 0.478 e. The Hall–Kier alpha value is -5.80. The van der Waals surface area contributed by atoms with E-state index >= 15 is 0 Å². The SMILES string of the molecule is CCOc1ncccc1-c1ccc(C2(OC(=O)NCCN(C)C)CCN(c3ccc(C(F)(F)F)cc3C#N)C(c3ccc(C(F)(F)F)cc3C#N)C2)cc1. The summed E-state index contributed by atoms with van der Waals surface area (Å²) >= 11 is 0. The Kier molecular flexibility index (Phi) is 11.7. The lowest BCUT2D eigenvalue weighted by Gasteiger charge is -2.48. The van der Waals surface area contributed by atoms with Gasteiger partial charge in [0, 0.05) is 44.2 Å². The molecule has 2 atom stereocenters. The first kappa shape index (κ1) is 39.4. The number of piperidine rings is 1. The van der Waals surface area contributed by atoms with Crippen LogP contribution in [0.4, 0.5) is 36.8 Å². The minimum Gasteiger partial charge on any atom is -0.478 e. The Bertz CT molecular complexity index is 2060. The summed E-state index contributed by atoms with van der Waals surface area (Å²) in [7, 11) is 3.65. The van der Waals surface area contributed by atoms with Gasteiger partial charge in [-0.2, -0.15) is 36.9 Å². The van der Waals surface area contributed by atoms with E-state index in [9.17, 15) is 41.7 Å². The molecule has 1 N–H and O–H groups in total. The lowest BCUT2D eigenvalue weighted by molar-refractivity contribution is -0.138. The normalized spacial score (nSPS) is 17.4. The first-order valence-corrected chi connectivity index (χ1v) is 16.9. The van der Waals surface area contributed by atoms with Gasteiger partial charge in [-0.25, -0.2) is 9.78 Å². The van der Waals surface area contributed by atoms with Crippen molar-refractivity contribution in [3.63, 3.8) is 0 Å². The third-order valence-corrected chi connectivity index (χ3v) is 9.16. The molecule has 54 heavy (non-hydrogen) atoms. The van der Waals surface area contributed by atoms with Crippen LogP contribution in [0, 0.1) is 22.7 Å². The van der Waals surface area contributed by atoms with Crippen LogP contribution in [-0.4, -0.2) is 56.3 Å². The Balaban J connectivity index is 1.66. The highest BCUT2D eigenvalue weighted by atomic mass is 19.4. The summed E-state index contributed by atoms with van der Waals surface area (Å²) in [6, 6.07) is 18.5. The summed E-state index contributed by atoms with van der Waals surface area (Å²) in [5, 5.41) is 22.9. The summed E-state index contributed by atoms with van der Waals surface area (Å²) < 4.78 is 94.3. The lowest BCUT2D eigenvalue weighted by Crippen LogP contribution is -2.49. The van der Waals surface area contributed by atoms with Gasteiger partial charge in [0.2, 0.25) is 5.88 Å². The van der Waals surface area contributed by atoms with Crippen LogP contribution in [0.15, 0.2) is 79.0 Å². The zero-order chi connectivity index (χ0) is 39.3. The maximum Gasteiger partial charge on any atom is 0.416 e. The highest BCUT2D eigenvalue weighted by Gasteiger charge is 2.47. The van der Waals surface area contributed by atoms with Crippen LogP contribution in [-0.2, 0) is 22.7 Å². The van der Waals surface area contributed by atoms with Crippen LogP contribution < -0.4 is 15.0 Å². The number of nitriles is 2. The highest BCUT2D eigenvalue weighted by Crippen LogP contribution is 2.49. The highest BCUT2D eigenvalue weighted by molar-refractivity contribution is 5.70. The average molecular weight is 751 g/mol. The molecule has 4 aromatic rings. The minimum absolute atomic E-state index is 0.0412. The van der Waals surface area contributed by atoms with E-state index in [-0.39, 0.29) is 48.3 Å². The molecule has 5 rings (SSSR count). The molecule has 0 saturated carbocycles. The van der Waals surface area contributed by atoms with Gasteiger partial charge in [-0.05, 0) is 80.2 Å². The topological polar surface area (TPSA) is 115 Å². The molecule has 1 fully saturated rings. The fourth-order valence-electron chi connectivity index (χ4n) is 6.54. The molecule has 9 nitrogen and oxygen atoms in total. The van der Waals surface area contributed by atoms with Gasteiger partial charge in [-0.3, -0.25) is 0 Å². The predicted molar refractivity (Wildman–Crippen MR) is 187 cm³/mol. The first-order chi connectivity index (χ1) is 25.6. The van der Waals surface area contributed by atoms with Crippen molar-refractivity contribution in [1.82, 2.24) is 15.2 Å². The molecule has 1 aliphatic rings. The third-order valence-electron chi connectivity index (χ3n) is 9.16. The lowest BCUT2D eigenvalue weighted by atomic mass is 9.77. The fraction of sp³-hybridized carbons (Fsp3) is 0.333. The number of rotatable bonds is 10. The van der Waals surface area contributed by atoms with E-state index in [2.05, 4.69) is 10.3 Å². The van der Waals surface area contributed by atoms with Gasteiger partial charge < -0.3 is 24.6 Å². The van der Waals surface area contributed by atoms with Crippen LogP contribution in [0.2, 0.25) is 0 Å².